The molecule has 0 amide bonds. The van der Waals surface area contributed by atoms with Gasteiger partial charge in [0.1, 0.15) is 11.3 Å². The van der Waals surface area contributed by atoms with Crippen molar-refractivity contribution in [2.75, 3.05) is 14.2 Å². The summed E-state index contributed by atoms with van der Waals surface area (Å²) in [5.41, 5.74) is 2.55. The number of aryl methyl sites for hydroxylation is 2. The zero-order valence-corrected chi connectivity index (χ0v) is 13.5. The van der Waals surface area contributed by atoms with Crippen molar-refractivity contribution in [2.45, 2.75) is 19.3 Å². The molecule has 0 aliphatic heterocycles. The third-order valence-electron chi connectivity index (χ3n) is 3.57. The van der Waals surface area contributed by atoms with Gasteiger partial charge in [-0.1, -0.05) is 41.9 Å². The molecule has 0 aliphatic rings. The lowest BCUT2D eigenvalue weighted by Gasteiger charge is -2.12. The average molecular weight is 319 g/mol. The maximum absolute atomic E-state index is 12.0. The molecule has 22 heavy (non-hydrogen) atoms. The van der Waals surface area contributed by atoms with Gasteiger partial charge in [-0.05, 0) is 42.5 Å². The number of carbonyl (C=O) groups is 1. The van der Waals surface area contributed by atoms with Gasteiger partial charge in [-0.25, -0.2) is 4.79 Å². The van der Waals surface area contributed by atoms with Crippen LogP contribution in [0.5, 0.6) is 5.75 Å². The van der Waals surface area contributed by atoms with Crippen LogP contribution in [0, 0.1) is 0 Å². The van der Waals surface area contributed by atoms with Crippen LogP contribution in [0.4, 0.5) is 0 Å². The van der Waals surface area contributed by atoms with E-state index in [1.165, 1.54) is 7.11 Å². The smallest absolute Gasteiger partial charge is 0.341 e. The Morgan fingerprint density at radius 1 is 1.00 bits per heavy atom. The molecule has 116 valence electrons. The molecular weight excluding hydrogens is 300 g/mol. The highest BCUT2D eigenvalue weighted by Crippen LogP contribution is 2.25. The molecule has 0 unspecified atom stereocenters. The SMILES string of the molecule is COC(=O)c1c(CCCc2ccccc2Cl)cccc1OC. The molecule has 0 saturated carbocycles. The van der Waals surface area contributed by atoms with Gasteiger partial charge in [-0.3, -0.25) is 0 Å². The second-order valence-electron chi connectivity index (χ2n) is 4.93. The minimum Gasteiger partial charge on any atom is -0.496 e. The first-order valence-electron chi connectivity index (χ1n) is 7.15. The lowest BCUT2D eigenvalue weighted by molar-refractivity contribution is 0.0595. The van der Waals surface area contributed by atoms with E-state index in [4.69, 9.17) is 21.1 Å². The number of methoxy groups -OCH3 is 2. The Kier molecular flexibility index (Phi) is 5.84. The second-order valence-corrected chi connectivity index (χ2v) is 5.34. The third kappa shape index (κ3) is 3.80. The van der Waals surface area contributed by atoms with Gasteiger partial charge < -0.3 is 9.47 Å². The van der Waals surface area contributed by atoms with E-state index in [2.05, 4.69) is 0 Å². The highest BCUT2D eigenvalue weighted by Gasteiger charge is 2.17. The first-order valence-corrected chi connectivity index (χ1v) is 7.52. The number of esters is 1. The van der Waals surface area contributed by atoms with Gasteiger partial charge in [0, 0.05) is 5.02 Å². The molecule has 0 aliphatic carbocycles. The standard InChI is InChI=1S/C18H19ClO3/c1-21-16-12-6-10-14(17(16)18(20)22-2)9-5-8-13-7-3-4-11-15(13)19/h3-4,6-7,10-12H,5,8-9H2,1-2H3. The molecule has 0 heterocycles. The predicted octanol–water partition coefficient (Wildman–Crippen LogP) is 4.31. The second kappa shape index (κ2) is 7.85. The quantitative estimate of drug-likeness (QED) is 0.744. The van der Waals surface area contributed by atoms with E-state index < -0.39 is 0 Å². The monoisotopic (exact) mass is 318 g/mol. The zero-order chi connectivity index (χ0) is 15.9. The lowest BCUT2D eigenvalue weighted by Crippen LogP contribution is -2.08. The molecule has 2 aromatic carbocycles. The summed E-state index contributed by atoms with van der Waals surface area (Å²) in [6.45, 7) is 0. The van der Waals surface area contributed by atoms with Gasteiger partial charge in [0.25, 0.3) is 0 Å². The van der Waals surface area contributed by atoms with Gasteiger partial charge in [0.15, 0.2) is 0 Å². The zero-order valence-electron chi connectivity index (χ0n) is 12.8. The van der Waals surface area contributed by atoms with Crippen LogP contribution in [0.2, 0.25) is 5.02 Å². The van der Waals surface area contributed by atoms with E-state index in [-0.39, 0.29) is 5.97 Å². The van der Waals surface area contributed by atoms with Crippen molar-refractivity contribution >= 4 is 17.6 Å². The maximum atomic E-state index is 12.0. The van der Waals surface area contributed by atoms with Crippen molar-refractivity contribution in [3.63, 3.8) is 0 Å². The molecule has 3 nitrogen and oxygen atoms in total. The number of carbonyl (C=O) groups excluding carboxylic acids is 1. The Bertz CT molecular complexity index is 653. The van der Waals surface area contributed by atoms with Gasteiger partial charge in [-0.15, -0.1) is 0 Å². The Morgan fingerprint density at radius 3 is 2.36 bits per heavy atom. The molecule has 2 aromatic rings. The van der Waals surface area contributed by atoms with E-state index in [1.54, 1.807) is 13.2 Å². The van der Waals surface area contributed by atoms with Gasteiger partial charge >= 0.3 is 5.97 Å². The first-order chi connectivity index (χ1) is 10.7. The van der Waals surface area contributed by atoms with Crippen molar-refractivity contribution in [3.8, 4) is 5.75 Å². The summed E-state index contributed by atoms with van der Waals surface area (Å²) >= 11 is 6.16. The summed E-state index contributed by atoms with van der Waals surface area (Å²) in [6.07, 6.45) is 2.51. The lowest BCUT2D eigenvalue weighted by atomic mass is 9.99. The number of benzene rings is 2. The fourth-order valence-corrected chi connectivity index (χ4v) is 2.69. The largest absolute Gasteiger partial charge is 0.496 e. The molecule has 0 saturated heterocycles. The normalized spacial score (nSPS) is 10.3. The van der Waals surface area contributed by atoms with E-state index in [1.807, 2.05) is 36.4 Å². The van der Waals surface area contributed by atoms with E-state index >= 15 is 0 Å². The Balaban J connectivity index is 2.13. The van der Waals surface area contributed by atoms with Crippen molar-refractivity contribution in [2.24, 2.45) is 0 Å². The van der Waals surface area contributed by atoms with Gasteiger partial charge in [0.05, 0.1) is 14.2 Å². The van der Waals surface area contributed by atoms with Crippen LogP contribution in [-0.2, 0) is 17.6 Å². The van der Waals surface area contributed by atoms with Crippen molar-refractivity contribution in [1.29, 1.82) is 0 Å². The number of ether oxygens (including phenoxy) is 2. The maximum Gasteiger partial charge on any atom is 0.341 e. The van der Waals surface area contributed by atoms with Crippen molar-refractivity contribution < 1.29 is 14.3 Å². The van der Waals surface area contributed by atoms with E-state index in [0.29, 0.717) is 11.3 Å². The van der Waals surface area contributed by atoms with Crippen LogP contribution < -0.4 is 4.74 Å². The number of halogens is 1. The van der Waals surface area contributed by atoms with Gasteiger partial charge in [0.2, 0.25) is 0 Å². The van der Waals surface area contributed by atoms with Crippen LogP contribution in [0.15, 0.2) is 42.5 Å². The van der Waals surface area contributed by atoms with Crippen LogP contribution in [0.3, 0.4) is 0 Å². The van der Waals surface area contributed by atoms with Crippen molar-refractivity contribution in [1.82, 2.24) is 0 Å². The molecule has 0 bridgehead atoms. The minimum absolute atomic E-state index is 0.370. The molecule has 0 radical (unpaired) electrons. The van der Waals surface area contributed by atoms with E-state index in [0.717, 1.165) is 35.4 Å². The molecule has 0 fully saturated rings. The fraction of sp³-hybridized carbons (Fsp3) is 0.278. The summed E-state index contributed by atoms with van der Waals surface area (Å²) < 4.78 is 10.1. The van der Waals surface area contributed by atoms with Crippen LogP contribution in [0.25, 0.3) is 0 Å². The number of hydrogen-bond donors (Lipinski definition) is 0. The molecule has 0 N–H and O–H groups in total. The molecule has 0 aromatic heterocycles. The number of hydrogen-bond acceptors (Lipinski definition) is 3. The fourth-order valence-electron chi connectivity index (χ4n) is 2.46. The third-order valence-corrected chi connectivity index (χ3v) is 3.94. The molecule has 2 rings (SSSR count). The van der Waals surface area contributed by atoms with Gasteiger partial charge in [-0.2, -0.15) is 0 Å². The summed E-state index contributed by atoms with van der Waals surface area (Å²) in [5, 5.41) is 0.779. The minimum atomic E-state index is -0.370. The Hall–Kier alpha value is -2.00. The Labute approximate surface area is 135 Å². The molecule has 0 spiro atoms. The van der Waals surface area contributed by atoms with Crippen LogP contribution in [-0.4, -0.2) is 20.2 Å². The van der Waals surface area contributed by atoms with Crippen LogP contribution in [0.1, 0.15) is 27.9 Å². The summed E-state index contributed by atoms with van der Waals surface area (Å²) in [7, 11) is 2.93. The highest BCUT2D eigenvalue weighted by atomic mass is 35.5. The topological polar surface area (TPSA) is 35.5 Å². The summed E-state index contributed by atoms with van der Waals surface area (Å²) in [5.74, 6) is 0.173. The van der Waals surface area contributed by atoms with Crippen molar-refractivity contribution in [3.05, 3.63) is 64.2 Å². The average Bonchev–Trinajstić information content (AvgIpc) is 2.55. The van der Waals surface area contributed by atoms with E-state index in [9.17, 15) is 4.79 Å². The summed E-state index contributed by atoms with van der Waals surface area (Å²) in [6, 6.07) is 13.4. The van der Waals surface area contributed by atoms with Crippen LogP contribution >= 0.6 is 11.6 Å². The first kappa shape index (κ1) is 16.4. The molecule has 0 atom stereocenters. The predicted molar refractivity (Wildman–Crippen MR) is 87.8 cm³/mol. The molecular formula is C18H19ClO3. The number of rotatable bonds is 6. The Morgan fingerprint density at radius 2 is 1.68 bits per heavy atom. The summed E-state index contributed by atoms with van der Waals surface area (Å²) in [4.78, 5) is 12.0. The highest BCUT2D eigenvalue weighted by molar-refractivity contribution is 6.31. The molecule has 4 heteroatoms.